The van der Waals surface area contributed by atoms with Crippen LogP contribution in [0.5, 0.6) is 0 Å². The van der Waals surface area contributed by atoms with Crippen LogP contribution in [-0.2, 0) is 4.79 Å². The topological polar surface area (TPSA) is 72.7 Å². The van der Waals surface area contributed by atoms with Gasteiger partial charge in [-0.2, -0.15) is 4.68 Å². The minimum absolute atomic E-state index is 0.00356. The molecule has 1 N–H and O–H groups in total. The Bertz CT molecular complexity index is 860. The lowest BCUT2D eigenvalue weighted by Crippen LogP contribution is -2.27. The molecule has 0 fully saturated rings. The van der Waals surface area contributed by atoms with Gasteiger partial charge in [-0.15, -0.1) is 16.4 Å². The Morgan fingerprint density at radius 1 is 1.32 bits per heavy atom. The number of amides is 1. The molecule has 0 spiro atoms. The summed E-state index contributed by atoms with van der Waals surface area (Å²) in [4.78, 5) is 13.3. The maximum Gasteiger partial charge on any atom is 0.230 e. The van der Waals surface area contributed by atoms with Crippen LogP contribution in [0.15, 0.2) is 40.9 Å². The Hall–Kier alpha value is -2.19. The SMILES string of the molecule is Cc1ccc(-n2nnnc2SCC(=O)NC(C)c2cccs2)cc1C. The molecule has 2 aromatic heterocycles. The van der Waals surface area contributed by atoms with Gasteiger partial charge < -0.3 is 5.32 Å². The van der Waals surface area contributed by atoms with Gasteiger partial charge in [-0.3, -0.25) is 4.79 Å². The molecular formula is C17H19N5OS2. The number of rotatable bonds is 6. The van der Waals surface area contributed by atoms with Gasteiger partial charge in [-0.1, -0.05) is 23.9 Å². The van der Waals surface area contributed by atoms with E-state index in [1.54, 1.807) is 16.0 Å². The normalized spacial score (nSPS) is 12.1. The van der Waals surface area contributed by atoms with Gasteiger partial charge in [-0.25, -0.2) is 0 Å². The first kappa shape index (κ1) is 17.6. The summed E-state index contributed by atoms with van der Waals surface area (Å²) in [7, 11) is 0. The van der Waals surface area contributed by atoms with Crippen molar-refractivity contribution in [3.8, 4) is 5.69 Å². The predicted molar refractivity (Wildman–Crippen MR) is 100 cm³/mol. The molecule has 25 heavy (non-hydrogen) atoms. The van der Waals surface area contributed by atoms with Crippen LogP contribution in [0.3, 0.4) is 0 Å². The van der Waals surface area contributed by atoms with Crippen molar-refractivity contribution in [2.75, 3.05) is 5.75 Å². The van der Waals surface area contributed by atoms with Crippen molar-refractivity contribution >= 4 is 29.0 Å². The second-order valence-electron chi connectivity index (χ2n) is 5.74. The largest absolute Gasteiger partial charge is 0.348 e. The van der Waals surface area contributed by atoms with Crippen LogP contribution in [0.2, 0.25) is 0 Å². The van der Waals surface area contributed by atoms with Crippen molar-refractivity contribution < 1.29 is 4.79 Å². The molecule has 8 heteroatoms. The number of nitrogens with one attached hydrogen (secondary N) is 1. The summed E-state index contributed by atoms with van der Waals surface area (Å²) in [6.07, 6.45) is 0. The summed E-state index contributed by atoms with van der Waals surface area (Å²) in [6, 6.07) is 10.0. The van der Waals surface area contributed by atoms with E-state index in [-0.39, 0.29) is 17.7 Å². The van der Waals surface area contributed by atoms with Gasteiger partial charge in [0.05, 0.1) is 17.5 Å². The van der Waals surface area contributed by atoms with Crippen LogP contribution in [0, 0.1) is 13.8 Å². The molecule has 0 radical (unpaired) electrons. The Morgan fingerprint density at radius 2 is 2.16 bits per heavy atom. The lowest BCUT2D eigenvalue weighted by atomic mass is 10.1. The molecule has 0 saturated carbocycles. The molecule has 130 valence electrons. The monoisotopic (exact) mass is 373 g/mol. The molecule has 3 aromatic rings. The molecular weight excluding hydrogens is 354 g/mol. The summed E-state index contributed by atoms with van der Waals surface area (Å²) in [5.74, 6) is 0.224. The molecule has 1 unspecified atom stereocenters. The molecule has 2 heterocycles. The van der Waals surface area contributed by atoms with Crippen molar-refractivity contribution in [3.63, 3.8) is 0 Å². The van der Waals surface area contributed by atoms with E-state index in [2.05, 4.69) is 34.7 Å². The lowest BCUT2D eigenvalue weighted by Gasteiger charge is -2.12. The molecule has 0 aliphatic carbocycles. The van der Waals surface area contributed by atoms with Crippen LogP contribution < -0.4 is 5.32 Å². The zero-order valence-electron chi connectivity index (χ0n) is 14.3. The fourth-order valence-electron chi connectivity index (χ4n) is 2.31. The Kier molecular flexibility index (Phi) is 5.50. The first-order valence-corrected chi connectivity index (χ1v) is 9.72. The van der Waals surface area contributed by atoms with Crippen LogP contribution in [0.25, 0.3) is 5.69 Å². The molecule has 0 aliphatic rings. The van der Waals surface area contributed by atoms with Gasteiger partial charge in [0.25, 0.3) is 0 Å². The van der Waals surface area contributed by atoms with E-state index < -0.39 is 0 Å². The Morgan fingerprint density at radius 3 is 2.88 bits per heavy atom. The zero-order chi connectivity index (χ0) is 17.8. The van der Waals surface area contributed by atoms with E-state index in [9.17, 15) is 4.79 Å². The van der Waals surface area contributed by atoms with E-state index in [0.29, 0.717) is 5.16 Å². The zero-order valence-corrected chi connectivity index (χ0v) is 15.9. The standard InChI is InChI=1S/C17H19N5OS2/c1-11-6-7-14(9-12(11)2)22-17(19-20-21-22)25-10-16(23)18-13(3)15-5-4-8-24-15/h4-9,13H,10H2,1-3H3,(H,18,23). The number of thioether (sulfide) groups is 1. The molecule has 0 aliphatic heterocycles. The summed E-state index contributed by atoms with van der Waals surface area (Å²) in [5.41, 5.74) is 3.28. The average molecular weight is 374 g/mol. The highest BCUT2D eigenvalue weighted by atomic mass is 32.2. The Labute approximate surface area is 154 Å². The van der Waals surface area contributed by atoms with Crippen molar-refractivity contribution in [2.45, 2.75) is 32.0 Å². The maximum atomic E-state index is 12.2. The number of nitrogens with zero attached hydrogens (tertiary/aromatic N) is 4. The number of benzene rings is 1. The third-order valence-corrected chi connectivity index (χ3v) is 5.83. The number of carbonyl (C=O) groups excluding carboxylic acids is 1. The number of aryl methyl sites for hydroxylation is 2. The fraction of sp³-hybridized carbons (Fsp3) is 0.294. The Balaban J connectivity index is 1.63. The van der Waals surface area contributed by atoms with Gasteiger partial charge in [0.15, 0.2) is 0 Å². The minimum Gasteiger partial charge on any atom is -0.348 e. The summed E-state index contributed by atoms with van der Waals surface area (Å²) >= 11 is 2.96. The van der Waals surface area contributed by atoms with E-state index in [1.165, 1.54) is 22.9 Å². The molecule has 6 nitrogen and oxygen atoms in total. The molecule has 1 aromatic carbocycles. The lowest BCUT2D eigenvalue weighted by molar-refractivity contribution is -0.119. The second-order valence-corrected chi connectivity index (χ2v) is 7.66. The van der Waals surface area contributed by atoms with E-state index in [0.717, 1.165) is 10.6 Å². The molecule has 0 saturated heterocycles. The molecule has 1 amide bonds. The van der Waals surface area contributed by atoms with Crippen molar-refractivity contribution in [1.29, 1.82) is 0 Å². The number of aromatic nitrogens is 4. The first-order chi connectivity index (χ1) is 12.0. The molecule has 3 rings (SSSR count). The van der Waals surface area contributed by atoms with E-state index in [4.69, 9.17) is 0 Å². The van der Waals surface area contributed by atoms with Crippen molar-refractivity contribution in [1.82, 2.24) is 25.5 Å². The van der Waals surface area contributed by atoms with Crippen LogP contribution in [-0.4, -0.2) is 31.9 Å². The minimum atomic E-state index is -0.0412. The third-order valence-electron chi connectivity index (χ3n) is 3.86. The number of hydrogen-bond donors (Lipinski definition) is 1. The number of thiophene rings is 1. The van der Waals surface area contributed by atoms with Gasteiger partial charge in [0.2, 0.25) is 11.1 Å². The third kappa shape index (κ3) is 4.26. The van der Waals surface area contributed by atoms with Crippen LogP contribution in [0.1, 0.15) is 29.0 Å². The highest BCUT2D eigenvalue weighted by Gasteiger charge is 2.14. The second kappa shape index (κ2) is 7.79. The number of hydrogen-bond acceptors (Lipinski definition) is 6. The van der Waals surface area contributed by atoms with E-state index >= 15 is 0 Å². The molecule has 1 atom stereocenters. The number of tetrazole rings is 1. The summed E-state index contributed by atoms with van der Waals surface area (Å²) in [5, 5.41) is 17.4. The van der Waals surface area contributed by atoms with Crippen molar-refractivity contribution in [2.24, 2.45) is 0 Å². The van der Waals surface area contributed by atoms with Crippen molar-refractivity contribution in [3.05, 3.63) is 51.7 Å². The summed E-state index contributed by atoms with van der Waals surface area (Å²) < 4.78 is 1.66. The smallest absolute Gasteiger partial charge is 0.230 e. The van der Waals surface area contributed by atoms with E-state index in [1.807, 2.05) is 42.6 Å². The quantitative estimate of drug-likeness (QED) is 0.671. The van der Waals surface area contributed by atoms with Crippen LogP contribution >= 0.6 is 23.1 Å². The number of carbonyl (C=O) groups is 1. The maximum absolute atomic E-state index is 12.2. The van der Waals surface area contributed by atoms with Gasteiger partial charge in [0, 0.05) is 4.88 Å². The van der Waals surface area contributed by atoms with Crippen LogP contribution in [0.4, 0.5) is 0 Å². The fourth-order valence-corrected chi connectivity index (χ4v) is 3.75. The highest BCUT2D eigenvalue weighted by Crippen LogP contribution is 2.21. The molecule has 0 bridgehead atoms. The predicted octanol–water partition coefficient (Wildman–Crippen LogP) is 3.31. The first-order valence-electron chi connectivity index (χ1n) is 7.86. The average Bonchev–Trinajstić information content (AvgIpc) is 3.27. The highest BCUT2D eigenvalue weighted by molar-refractivity contribution is 7.99. The van der Waals surface area contributed by atoms with Gasteiger partial charge in [-0.05, 0) is 65.9 Å². The van der Waals surface area contributed by atoms with Gasteiger partial charge >= 0.3 is 0 Å². The summed E-state index contributed by atoms with van der Waals surface area (Å²) in [6.45, 7) is 6.09. The van der Waals surface area contributed by atoms with Gasteiger partial charge in [0.1, 0.15) is 0 Å².